The third-order valence-corrected chi connectivity index (χ3v) is 2.11. The standard InChI is InChI=1S/C12H17NO2/c1-14-12(15-2)11-8-4-3-6-10(11)7-5-9-13/h3-8,12H,9,13H2,1-2H3. The van der Waals surface area contributed by atoms with Crippen molar-refractivity contribution in [1.82, 2.24) is 0 Å². The summed E-state index contributed by atoms with van der Waals surface area (Å²) in [6.45, 7) is 0.527. The number of nitrogens with two attached hydrogens (primary N) is 1. The summed E-state index contributed by atoms with van der Waals surface area (Å²) in [6, 6.07) is 7.92. The number of benzene rings is 1. The molecule has 2 N–H and O–H groups in total. The van der Waals surface area contributed by atoms with Crippen LogP contribution in [0.15, 0.2) is 30.3 Å². The predicted octanol–water partition coefficient (Wildman–Crippen LogP) is 1.95. The molecule has 3 heteroatoms. The molecular formula is C12H17NO2. The highest BCUT2D eigenvalue weighted by atomic mass is 16.7. The lowest BCUT2D eigenvalue weighted by Crippen LogP contribution is -2.05. The van der Waals surface area contributed by atoms with E-state index in [4.69, 9.17) is 15.2 Å². The van der Waals surface area contributed by atoms with Crippen molar-refractivity contribution in [2.45, 2.75) is 6.29 Å². The average Bonchev–Trinajstić information content (AvgIpc) is 2.29. The molecule has 1 aromatic rings. The minimum Gasteiger partial charge on any atom is -0.352 e. The van der Waals surface area contributed by atoms with Crippen LogP contribution < -0.4 is 5.73 Å². The molecule has 3 nitrogen and oxygen atoms in total. The van der Waals surface area contributed by atoms with Gasteiger partial charge in [0, 0.05) is 26.3 Å². The van der Waals surface area contributed by atoms with Crippen molar-refractivity contribution in [3.63, 3.8) is 0 Å². The lowest BCUT2D eigenvalue weighted by Gasteiger charge is -2.15. The molecule has 0 aliphatic rings. The molecule has 0 fully saturated rings. The summed E-state index contributed by atoms with van der Waals surface area (Å²) < 4.78 is 10.4. The van der Waals surface area contributed by atoms with Crippen molar-refractivity contribution in [1.29, 1.82) is 0 Å². The van der Waals surface area contributed by atoms with E-state index < -0.39 is 0 Å². The molecule has 0 atom stereocenters. The van der Waals surface area contributed by atoms with Crippen LogP contribution in [0.25, 0.3) is 6.08 Å². The van der Waals surface area contributed by atoms with Gasteiger partial charge in [-0.2, -0.15) is 0 Å². The Balaban J connectivity index is 2.99. The van der Waals surface area contributed by atoms with E-state index >= 15 is 0 Å². The second-order valence-corrected chi connectivity index (χ2v) is 3.07. The van der Waals surface area contributed by atoms with Gasteiger partial charge in [0.15, 0.2) is 6.29 Å². The molecule has 0 aliphatic carbocycles. The minimum absolute atomic E-state index is 0.330. The number of rotatable bonds is 5. The normalized spacial score (nSPS) is 11.5. The summed E-state index contributed by atoms with van der Waals surface area (Å²) in [5.74, 6) is 0. The largest absolute Gasteiger partial charge is 0.352 e. The van der Waals surface area contributed by atoms with Gasteiger partial charge in [-0.15, -0.1) is 0 Å². The van der Waals surface area contributed by atoms with E-state index in [0.717, 1.165) is 11.1 Å². The van der Waals surface area contributed by atoms with E-state index in [1.54, 1.807) is 14.2 Å². The van der Waals surface area contributed by atoms with Crippen molar-refractivity contribution in [3.05, 3.63) is 41.5 Å². The van der Waals surface area contributed by atoms with Crippen LogP contribution in [0.5, 0.6) is 0 Å². The Kier molecular flexibility index (Phi) is 5.04. The van der Waals surface area contributed by atoms with E-state index in [9.17, 15) is 0 Å². The molecule has 0 aromatic heterocycles. The zero-order chi connectivity index (χ0) is 11.1. The van der Waals surface area contributed by atoms with Crippen LogP contribution >= 0.6 is 0 Å². The zero-order valence-electron chi connectivity index (χ0n) is 9.14. The first-order valence-electron chi connectivity index (χ1n) is 4.84. The van der Waals surface area contributed by atoms with Gasteiger partial charge in [0.1, 0.15) is 0 Å². The number of hydrogen-bond donors (Lipinski definition) is 1. The predicted molar refractivity (Wildman–Crippen MR) is 61.3 cm³/mol. The van der Waals surface area contributed by atoms with E-state index in [0.29, 0.717) is 6.54 Å². The molecule has 0 aliphatic heterocycles. The van der Waals surface area contributed by atoms with E-state index in [1.807, 2.05) is 36.4 Å². The fourth-order valence-electron chi connectivity index (χ4n) is 1.42. The summed E-state index contributed by atoms with van der Waals surface area (Å²) in [5.41, 5.74) is 7.49. The van der Waals surface area contributed by atoms with Gasteiger partial charge in [0.2, 0.25) is 0 Å². The highest BCUT2D eigenvalue weighted by molar-refractivity contribution is 5.54. The van der Waals surface area contributed by atoms with Crippen molar-refractivity contribution in [2.24, 2.45) is 5.73 Å². The number of hydrogen-bond acceptors (Lipinski definition) is 3. The van der Waals surface area contributed by atoms with E-state index in [1.165, 1.54) is 0 Å². The van der Waals surface area contributed by atoms with Crippen molar-refractivity contribution >= 4 is 6.08 Å². The molecule has 82 valence electrons. The van der Waals surface area contributed by atoms with Gasteiger partial charge >= 0.3 is 0 Å². The second kappa shape index (κ2) is 6.35. The van der Waals surface area contributed by atoms with Gasteiger partial charge in [-0.1, -0.05) is 36.4 Å². The third kappa shape index (κ3) is 3.16. The molecule has 0 radical (unpaired) electrons. The summed E-state index contributed by atoms with van der Waals surface area (Å²) in [7, 11) is 3.25. The van der Waals surface area contributed by atoms with Crippen molar-refractivity contribution in [2.75, 3.05) is 20.8 Å². The van der Waals surface area contributed by atoms with Crippen LogP contribution in [-0.2, 0) is 9.47 Å². The summed E-state index contributed by atoms with van der Waals surface area (Å²) in [5, 5.41) is 0. The maximum absolute atomic E-state index is 5.42. The maximum Gasteiger partial charge on any atom is 0.183 e. The Morgan fingerprint density at radius 1 is 1.27 bits per heavy atom. The highest BCUT2D eigenvalue weighted by Gasteiger charge is 2.11. The van der Waals surface area contributed by atoms with Crippen molar-refractivity contribution < 1.29 is 9.47 Å². The summed E-state index contributed by atoms with van der Waals surface area (Å²) in [4.78, 5) is 0. The van der Waals surface area contributed by atoms with Crippen LogP contribution in [0.2, 0.25) is 0 Å². The average molecular weight is 207 g/mol. The Labute approximate surface area is 90.5 Å². The zero-order valence-corrected chi connectivity index (χ0v) is 9.14. The first-order chi connectivity index (χ1) is 7.33. The van der Waals surface area contributed by atoms with Crippen LogP contribution in [-0.4, -0.2) is 20.8 Å². The fourth-order valence-corrected chi connectivity index (χ4v) is 1.42. The number of methoxy groups -OCH3 is 2. The highest BCUT2D eigenvalue weighted by Crippen LogP contribution is 2.22. The van der Waals surface area contributed by atoms with Gasteiger partial charge in [-0.25, -0.2) is 0 Å². The van der Waals surface area contributed by atoms with Gasteiger partial charge in [-0.05, 0) is 5.56 Å². The Morgan fingerprint density at radius 3 is 2.53 bits per heavy atom. The van der Waals surface area contributed by atoms with Crippen LogP contribution in [0.1, 0.15) is 17.4 Å². The van der Waals surface area contributed by atoms with Crippen molar-refractivity contribution in [3.8, 4) is 0 Å². The summed E-state index contributed by atoms with van der Waals surface area (Å²) >= 11 is 0. The van der Waals surface area contributed by atoms with Crippen LogP contribution in [0.3, 0.4) is 0 Å². The Morgan fingerprint density at radius 2 is 1.93 bits per heavy atom. The van der Waals surface area contributed by atoms with Gasteiger partial charge in [0.05, 0.1) is 0 Å². The Hall–Kier alpha value is -1.16. The Bertz CT molecular complexity index is 319. The lowest BCUT2D eigenvalue weighted by molar-refractivity contribution is -0.106. The molecule has 0 bridgehead atoms. The molecule has 1 rings (SSSR count). The smallest absolute Gasteiger partial charge is 0.183 e. The molecule has 15 heavy (non-hydrogen) atoms. The van der Waals surface area contributed by atoms with Gasteiger partial charge in [0.25, 0.3) is 0 Å². The second-order valence-electron chi connectivity index (χ2n) is 3.07. The summed E-state index contributed by atoms with van der Waals surface area (Å²) in [6.07, 6.45) is 3.55. The molecule has 0 saturated carbocycles. The number of ether oxygens (including phenoxy) is 2. The SMILES string of the molecule is COC(OC)c1ccccc1C=CCN. The molecule has 0 amide bonds. The van der Waals surface area contributed by atoms with E-state index in [-0.39, 0.29) is 6.29 Å². The van der Waals surface area contributed by atoms with Gasteiger partial charge < -0.3 is 15.2 Å². The minimum atomic E-state index is -0.330. The van der Waals surface area contributed by atoms with Gasteiger partial charge in [-0.3, -0.25) is 0 Å². The van der Waals surface area contributed by atoms with Crippen LogP contribution in [0.4, 0.5) is 0 Å². The molecular weight excluding hydrogens is 190 g/mol. The first-order valence-corrected chi connectivity index (χ1v) is 4.84. The molecule has 1 aromatic carbocycles. The molecule has 0 spiro atoms. The molecule has 0 unspecified atom stereocenters. The first kappa shape index (κ1) is 11.9. The lowest BCUT2D eigenvalue weighted by atomic mass is 10.1. The molecule has 0 heterocycles. The fraction of sp³-hybridized carbons (Fsp3) is 0.333. The maximum atomic E-state index is 5.42. The topological polar surface area (TPSA) is 44.5 Å². The van der Waals surface area contributed by atoms with Crippen LogP contribution in [0, 0.1) is 0 Å². The van der Waals surface area contributed by atoms with E-state index in [2.05, 4.69) is 0 Å². The quantitative estimate of drug-likeness (QED) is 0.750. The monoisotopic (exact) mass is 207 g/mol. The molecule has 0 saturated heterocycles. The third-order valence-electron chi connectivity index (χ3n) is 2.11.